The van der Waals surface area contributed by atoms with Crippen molar-refractivity contribution in [2.24, 2.45) is 4.99 Å². The lowest BCUT2D eigenvalue weighted by molar-refractivity contribution is 0.371. The molecule has 2 aromatic rings. The van der Waals surface area contributed by atoms with Gasteiger partial charge in [-0.25, -0.2) is 4.99 Å². The molecule has 0 spiro atoms. The zero-order valence-electron chi connectivity index (χ0n) is 12.2. The summed E-state index contributed by atoms with van der Waals surface area (Å²) in [6.45, 7) is 0.750. The lowest BCUT2D eigenvalue weighted by atomic mass is 10.2. The van der Waals surface area contributed by atoms with Crippen LogP contribution in [0.25, 0.3) is 6.20 Å². The van der Waals surface area contributed by atoms with Gasteiger partial charge in [-0.05, 0) is 23.8 Å². The van der Waals surface area contributed by atoms with Crippen LogP contribution in [0.15, 0.2) is 53.5 Å². The van der Waals surface area contributed by atoms with E-state index in [2.05, 4.69) is 51.3 Å². The fraction of sp³-hybridized carbons (Fsp3) is 0.235. The molecule has 21 heavy (non-hydrogen) atoms. The third kappa shape index (κ3) is 3.03. The van der Waals surface area contributed by atoms with E-state index in [1.165, 1.54) is 11.3 Å². The predicted octanol–water partition coefficient (Wildman–Crippen LogP) is 2.15. The summed E-state index contributed by atoms with van der Waals surface area (Å²) in [5.74, 6) is 0. The van der Waals surface area contributed by atoms with Crippen molar-refractivity contribution in [1.82, 2.24) is 4.90 Å². The van der Waals surface area contributed by atoms with Crippen molar-refractivity contribution in [2.45, 2.75) is 12.2 Å². The van der Waals surface area contributed by atoms with Crippen LogP contribution in [0.5, 0.6) is 0 Å². The molecule has 0 saturated heterocycles. The third-order valence-corrected chi connectivity index (χ3v) is 3.93. The average molecular weight is 300 g/mol. The highest BCUT2D eigenvalue weighted by Gasteiger charge is 2.14. The highest BCUT2D eigenvalue weighted by atomic mass is 35.5. The van der Waals surface area contributed by atoms with Crippen LogP contribution < -0.4 is 15.5 Å². The summed E-state index contributed by atoms with van der Waals surface area (Å²) in [4.78, 5) is 8.66. The van der Waals surface area contributed by atoms with Gasteiger partial charge < -0.3 is 9.80 Å². The molecule has 3 nitrogen and oxygen atoms in total. The third-order valence-electron chi connectivity index (χ3n) is 3.58. The van der Waals surface area contributed by atoms with Crippen LogP contribution in [-0.4, -0.2) is 24.6 Å². The summed E-state index contributed by atoms with van der Waals surface area (Å²) >= 11 is 6.36. The molecule has 4 heteroatoms. The molecule has 3 rings (SSSR count). The Labute approximate surface area is 129 Å². The van der Waals surface area contributed by atoms with E-state index in [0.717, 1.165) is 17.1 Å². The van der Waals surface area contributed by atoms with Gasteiger partial charge >= 0.3 is 0 Å². The van der Waals surface area contributed by atoms with Crippen molar-refractivity contribution >= 4 is 23.5 Å². The summed E-state index contributed by atoms with van der Waals surface area (Å²) in [6, 6.07) is 16.6. The maximum Gasteiger partial charge on any atom is 0.198 e. The maximum absolute atomic E-state index is 6.36. The number of hydrogen-bond acceptors (Lipinski definition) is 3. The van der Waals surface area contributed by atoms with Gasteiger partial charge in [0, 0.05) is 37.7 Å². The van der Waals surface area contributed by atoms with E-state index < -0.39 is 0 Å². The second kappa shape index (κ2) is 5.78. The minimum atomic E-state index is -0.353. The van der Waals surface area contributed by atoms with E-state index in [1.54, 1.807) is 0 Å². The van der Waals surface area contributed by atoms with Gasteiger partial charge in [0.15, 0.2) is 5.62 Å². The number of rotatable bonds is 3. The van der Waals surface area contributed by atoms with Crippen molar-refractivity contribution in [3.8, 4) is 0 Å². The Balaban J connectivity index is 1.84. The summed E-state index contributed by atoms with van der Waals surface area (Å²) in [6.07, 6.45) is 2.08. The lowest BCUT2D eigenvalue weighted by Gasteiger charge is -2.25. The van der Waals surface area contributed by atoms with Gasteiger partial charge in [0.2, 0.25) is 0 Å². The van der Waals surface area contributed by atoms with Crippen LogP contribution in [0.1, 0.15) is 5.56 Å². The van der Waals surface area contributed by atoms with Crippen molar-refractivity contribution in [3.63, 3.8) is 0 Å². The summed E-state index contributed by atoms with van der Waals surface area (Å²) < 4.78 is 0. The molecular weight excluding hydrogens is 282 g/mol. The van der Waals surface area contributed by atoms with Gasteiger partial charge in [-0.15, -0.1) is 0 Å². The van der Waals surface area contributed by atoms with E-state index in [-0.39, 0.29) is 5.62 Å². The van der Waals surface area contributed by atoms with E-state index in [0.29, 0.717) is 0 Å². The SMILES string of the molecule is CN(C)c1ccc(CN2C=c3ccccc3=NC2Cl)cc1. The molecular formula is C17H18ClN3. The smallest absolute Gasteiger partial charge is 0.198 e. The number of benzene rings is 2. The minimum Gasteiger partial charge on any atom is -0.378 e. The van der Waals surface area contributed by atoms with Crippen LogP contribution in [0.4, 0.5) is 5.69 Å². The highest BCUT2D eigenvalue weighted by Crippen LogP contribution is 2.17. The van der Waals surface area contributed by atoms with Crippen LogP contribution in [-0.2, 0) is 6.54 Å². The molecule has 1 atom stereocenters. The van der Waals surface area contributed by atoms with Crippen molar-refractivity contribution in [3.05, 3.63) is 64.7 Å². The first-order chi connectivity index (χ1) is 10.1. The number of alkyl halides is 1. The summed E-state index contributed by atoms with van der Waals surface area (Å²) in [5.41, 5.74) is 2.06. The molecule has 0 aromatic heterocycles. The first kappa shape index (κ1) is 14.0. The molecule has 0 N–H and O–H groups in total. The normalized spacial score (nSPS) is 16.7. The predicted molar refractivity (Wildman–Crippen MR) is 87.6 cm³/mol. The number of anilines is 1. The second-order valence-electron chi connectivity index (χ2n) is 5.36. The molecule has 2 aromatic carbocycles. The molecule has 0 bridgehead atoms. The highest BCUT2D eigenvalue weighted by molar-refractivity contribution is 6.20. The molecule has 0 aliphatic carbocycles. The van der Waals surface area contributed by atoms with Crippen molar-refractivity contribution < 1.29 is 0 Å². The van der Waals surface area contributed by atoms with Crippen LogP contribution in [0.3, 0.4) is 0 Å². The first-order valence-electron chi connectivity index (χ1n) is 6.94. The Morgan fingerprint density at radius 3 is 2.52 bits per heavy atom. The van der Waals surface area contributed by atoms with E-state index in [9.17, 15) is 0 Å². The number of para-hydroxylation sites is 1. The number of fused-ring (bicyclic) bond motifs is 1. The molecule has 0 radical (unpaired) electrons. The fourth-order valence-corrected chi connectivity index (χ4v) is 2.61. The van der Waals surface area contributed by atoms with Crippen LogP contribution in [0.2, 0.25) is 0 Å². The van der Waals surface area contributed by atoms with Crippen molar-refractivity contribution in [1.29, 1.82) is 0 Å². The Hall–Kier alpha value is -2.00. The molecule has 108 valence electrons. The molecule has 1 aliphatic rings. The largest absolute Gasteiger partial charge is 0.378 e. The minimum absolute atomic E-state index is 0.353. The van der Waals surface area contributed by atoms with E-state index >= 15 is 0 Å². The fourth-order valence-electron chi connectivity index (χ4n) is 2.37. The molecule has 0 amide bonds. The number of hydrogen-bond donors (Lipinski definition) is 0. The summed E-state index contributed by atoms with van der Waals surface area (Å²) in [7, 11) is 4.08. The molecule has 0 saturated carbocycles. The zero-order valence-corrected chi connectivity index (χ0v) is 13.0. The first-order valence-corrected chi connectivity index (χ1v) is 7.38. The topological polar surface area (TPSA) is 18.8 Å². The molecule has 1 heterocycles. The van der Waals surface area contributed by atoms with Crippen molar-refractivity contribution in [2.75, 3.05) is 19.0 Å². The molecule has 0 fully saturated rings. The van der Waals surface area contributed by atoms with Gasteiger partial charge in [0.1, 0.15) is 0 Å². The molecule has 1 unspecified atom stereocenters. The van der Waals surface area contributed by atoms with Gasteiger partial charge in [0.25, 0.3) is 0 Å². The van der Waals surface area contributed by atoms with E-state index in [4.69, 9.17) is 11.6 Å². The average Bonchev–Trinajstić information content (AvgIpc) is 2.48. The maximum atomic E-state index is 6.36. The van der Waals surface area contributed by atoms with Crippen LogP contribution in [0, 0.1) is 0 Å². The number of halogens is 1. The Bertz CT molecular complexity index is 737. The number of nitrogens with zero attached hydrogens (tertiary/aromatic N) is 3. The van der Waals surface area contributed by atoms with Gasteiger partial charge in [-0.2, -0.15) is 0 Å². The Morgan fingerprint density at radius 1 is 1.10 bits per heavy atom. The lowest BCUT2D eigenvalue weighted by Crippen LogP contribution is -2.39. The molecule has 1 aliphatic heterocycles. The standard InChI is InChI=1S/C17H18ClN3/c1-20(2)15-9-7-13(8-10-15)11-21-12-14-5-3-4-6-16(14)19-17(21)18/h3-10,12,17H,11H2,1-2H3. The second-order valence-corrected chi connectivity index (χ2v) is 5.75. The van der Waals surface area contributed by atoms with Gasteiger partial charge in [0.05, 0.1) is 5.36 Å². The van der Waals surface area contributed by atoms with Gasteiger partial charge in [-0.3, -0.25) is 0 Å². The quantitative estimate of drug-likeness (QED) is 0.639. The summed E-state index contributed by atoms with van der Waals surface area (Å²) in [5, 5.41) is 2.07. The monoisotopic (exact) mass is 299 g/mol. The van der Waals surface area contributed by atoms with Gasteiger partial charge in [-0.1, -0.05) is 41.9 Å². The zero-order chi connectivity index (χ0) is 14.8. The Kier molecular flexibility index (Phi) is 3.84. The van der Waals surface area contributed by atoms with E-state index in [1.807, 2.05) is 32.3 Å². The van der Waals surface area contributed by atoms with Crippen LogP contribution >= 0.6 is 11.6 Å². The Morgan fingerprint density at radius 2 is 1.81 bits per heavy atom.